The molecule has 0 aliphatic carbocycles. The lowest BCUT2D eigenvalue weighted by molar-refractivity contribution is 0.0785. The van der Waals surface area contributed by atoms with E-state index in [4.69, 9.17) is 11.6 Å². The molecule has 2 aromatic heterocycles. The minimum Gasteiger partial charge on any atom is -0.335 e. The molecule has 3 rings (SSSR count). The molecule has 0 fully saturated rings. The van der Waals surface area contributed by atoms with Crippen LogP contribution >= 0.6 is 22.9 Å². The molecular weight excluding hydrogens is 306 g/mol. The van der Waals surface area contributed by atoms with Gasteiger partial charge in [-0.05, 0) is 18.2 Å². The summed E-state index contributed by atoms with van der Waals surface area (Å²) >= 11 is 7.60. The first-order valence-corrected chi connectivity index (χ1v) is 7.54. The van der Waals surface area contributed by atoms with E-state index in [0.29, 0.717) is 17.1 Å². The predicted molar refractivity (Wildman–Crippen MR) is 84.7 cm³/mol. The van der Waals surface area contributed by atoms with Gasteiger partial charge in [0.2, 0.25) is 0 Å². The molecule has 0 spiro atoms. The molecule has 0 saturated carbocycles. The predicted octanol–water partition coefficient (Wildman–Crippen LogP) is 3.62. The van der Waals surface area contributed by atoms with E-state index in [2.05, 4.69) is 9.97 Å². The van der Waals surface area contributed by atoms with E-state index >= 15 is 0 Å². The molecule has 0 N–H and O–H groups in total. The van der Waals surface area contributed by atoms with Crippen molar-refractivity contribution in [3.8, 4) is 0 Å². The van der Waals surface area contributed by atoms with Crippen LogP contribution in [0.4, 0.5) is 0 Å². The Labute approximate surface area is 131 Å². The molecule has 0 atom stereocenters. The maximum absolute atomic E-state index is 12.4. The van der Waals surface area contributed by atoms with Crippen LogP contribution in [0.25, 0.3) is 10.2 Å². The van der Waals surface area contributed by atoms with E-state index in [1.54, 1.807) is 35.5 Å². The Kier molecular flexibility index (Phi) is 3.86. The lowest BCUT2D eigenvalue weighted by atomic mass is 10.2. The van der Waals surface area contributed by atoms with Crippen molar-refractivity contribution in [1.82, 2.24) is 14.9 Å². The first-order chi connectivity index (χ1) is 10.1. The third-order valence-electron chi connectivity index (χ3n) is 3.06. The minimum atomic E-state index is -0.137. The van der Waals surface area contributed by atoms with Crippen LogP contribution in [0.5, 0.6) is 0 Å². The Balaban J connectivity index is 1.81. The van der Waals surface area contributed by atoms with Crippen LogP contribution < -0.4 is 0 Å². The summed E-state index contributed by atoms with van der Waals surface area (Å²) in [6, 6.07) is 9.56. The van der Waals surface area contributed by atoms with E-state index in [0.717, 1.165) is 15.2 Å². The Morgan fingerprint density at radius 3 is 2.90 bits per heavy atom. The SMILES string of the molecule is CN(Cc1nc2ccccc2s1)C(=O)c1ccncc1Cl. The Hall–Kier alpha value is -1.98. The van der Waals surface area contributed by atoms with Gasteiger partial charge in [-0.1, -0.05) is 23.7 Å². The number of thiazole rings is 1. The zero-order valence-corrected chi connectivity index (χ0v) is 12.9. The molecule has 1 aromatic carbocycles. The fourth-order valence-electron chi connectivity index (χ4n) is 2.02. The summed E-state index contributed by atoms with van der Waals surface area (Å²) in [6.45, 7) is 0.455. The second kappa shape index (κ2) is 5.79. The highest BCUT2D eigenvalue weighted by Gasteiger charge is 2.16. The van der Waals surface area contributed by atoms with Gasteiger partial charge in [0.15, 0.2) is 0 Å². The van der Waals surface area contributed by atoms with E-state index in [9.17, 15) is 4.79 Å². The number of halogens is 1. The Morgan fingerprint density at radius 2 is 2.14 bits per heavy atom. The molecule has 4 nitrogen and oxygen atoms in total. The van der Waals surface area contributed by atoms with Gasteiger partial charge in [-0.15, -0.1) is 11.3 Å². The Morgan fingerprint density at radius 1 is 1.33 bits per heavy atom. The molecule has 1 amide bonds. The maximum Gasteiger partial charge on any atom is 0.255 e. The van der Waals surface area contributed by atoms with Crippen molar-refractivity contribution in [2.24, 2.45) is 0 Å². The number of amides is 1. The molecule has 0 radical (unpaired) electrons. The average molecular weight is 318 g/mol. The summed E-state index contributed by atoms with van der Waals surface area (Å²) in [6.07, 6.45) is 3.03. The van der Waals surface area contributed by atoms with Crippen molar-refractivity contribution in [1.29, 1.82) is 0 Å². The standard InChI is InChI=1S/C15H12ClN3OS/c1-19(15(20)10-6-7-17-8-11(10)16)9-14-18-12-4-2-3-5-13(12)21-14/h2-8H,9H2,1H3. The number of pyridine rings is 1. The van der Waals surface area contributed by atoms with Gasteiger partial charge in [0.05, 0.1) is 27.3 Å². The van der Waals surface area contributed by atoms with Crippen molar-refractivity contribution in [3.63, 3.8) is 0 Å². The van der Waals surface area contributed by atoms with Crippen LogP contribution in [0.3, 0.4) is 0 Å². The van der Waals surface area contributed by atoms with Gasteiger partial charge in [-0.2, -0.15) is 0 Å². The number of benzene rings is 1. The van der Waals surface area contributed by atoms with Crippen molar-refractivity contribution >= 4 is 39.1 Å². The lowest BCUT2D eigenvalue weighted by Crippen LogP contribution is -2.26. The molecule has 0 aliphatic rings. The van der Waals surface area contributed by atoms with Crippen LogP contribution in [-0.4, -0.2) is 27.8 Å². The summed E-state index contributed by atoms with van der Waals surface area (Å²) in [5.74, 6) is -0.137. The highest BCUT2D eigenvalue weighted by Crippen LogP contribution is 2.23. The average Bonchev–Trinajstić information content (AvgIpc) is 2.89. The number of aromatic nitrogens is 2. The number of fused-ring (bicyclic) bond motifs is 1. The van der Waals surface area contributed by atoms with Crippen LogP contribution in [-0.2, 0) is 6.54 Å². The molecule has 2 heterocycles. The molecule has 0 saturated heterocycles. The fraction of sp³-hybridized carbons (Fsp3) is 0.133. The monoisotopic (exact) mass is 317 g/mol. The van der Waals surface area contributed by atoms with Crippen molar-refractivity contribution in [2.75, 3.05) is 7.05 Å². The normalized spacial score (nSPS) is 10.8. The molecule has 0 unspecified atom stereocenters. The van der Waals surface area contributed by atoms with Crippen LogP contribution in [0.15, 0.2) is 42.7 Å². The third-order valence-corrected chi connectivity index (χ3v) is 4.38. The van der Waals surface area contributed by atoms with Gasteiger partial charge in [0.25, 0.3) is 5.91 Å². The van der Waals surface area contributed by atoms with Crippen molar-refractivity contribution < 1.29 is 4.79 Å². The molecule has 21 heavy (non-hydrogen) atoms. The zero-order valence-electron chi connectivity index (χ0n) is 11.3. The summed E-state index contributed by atoms with van der Waals surface area (Å²) in [5.41, 5.74) is 1.41. The smallest absolute Gasteiger partial charge is 0.255 e. The van der Waals surface area contributed by atoms with Gasteiger partial charge in [-0.3, -0.25) is 9.78 Å². The molecule has 0 aliphatic heterocycles. The van der Waals surface area contributed by atoms with Crippen LogP contribution in [0.2, 0.25) is 5.02 Å². The van der Waals surface area contributed by atoms with E-state index < -0.39 is 0 Å². The highest BCUT2D eigenvalue weighted by molar-refractivity contribution is 7.18. The van der Waals surface area contributed by atoms with Gasteiger partial charge in [0, 0.05) is 19.4 Å². The molecule has 0 bridgehead atoms. The number of carbonyl (C=O) groups is 1. The summed E-state index contributed by atoms with van der Waals surface area (Å²) < 4.78 is 1.12. The van der Waals surface area contributed by atoms with Gasteiger partial charge >= 0.3 is 0 Å². The van der Waals surface area contributed by atoms with Crippen LogP contribution in [0.1, 0.15) is 15.4 Å². The second-order valence-corrected chi connectivity index (χ2v) is 6.11. The van der Waals surface area contributed by atoms with E-state index in [-0.39, 0.29) is 5.91 Å². The number of carbonyl (C=O) groups excluding carboxylic acids is 1. The third kappa shape index (κ3) is 2.89. The largest absolute Gasteiger partial charge is 0.335 e. The maximum atomic E-state index is 12.4. The quantitative estimate of drug-likeness (QED) is 0.741. The highest BCUT2D eigenvalue weighted by atomic mass is 35.5. The van der Waals surface area contributed by atoms with Crippen LogP contribution in [0, 0.1) is 0 Å². The van der Waals surface area contributed by atoms with Crippen molar-refractivity contribution in [3.05, 3.63) is 58.3 Å². The second-order valence-electron chi connectivity index (χ2n) is 4.59. The number of para-hydroxylation sites is 1. The van der Waals surface area contributed by atoms with E-state index in [1.807, 2.05) is 24.3 Å². The summed E-state index contributed by atoms with van der Waals surface area (Å²) in [4.78, 5) is 22.4. The summed E-state index contributed by atoms with van der Waals surface area (Å²) in [7, 11) is 1.74. The fourth-order valence-corrected chi connectivity index (χ4v) is 3.24. The number of hydrogen-bond acceptors (Lipinski definition) is 4. The topological polar surface area (TPSA) is 46.1 Å². The van der Waals surface area contributed by atoms with E-state index in [1.165, 1.54) is 6.20 Å². The molecular formula is C15H12ClN3OS. The molecule has 6 heteroatoms. The Bertz CT molecular complexity index is 769. The molecule has 3 aromatic rings. The first-order valence-electron chi connectivity index (χ1n) is 6.34. The summed E-state index contributed by atoms with van der Waals surface area (Å²) in [5, 5.41) is 1.26. The van der Waals surface area contributed by atoms with Gasteiger partial charge < -0.3 is 4.90 Å². The number of rotatable bonds is 3. The number of nitrogens with zero attached hydrogens (tertiary/aromatic N) is 3. The number of hydrogen-bond donors (Lipinski definition) is 0. The molecule has 106 valence electrons. The van der Waals surface area contributed by atoms with Gasteiger partial charge in [-0.25, -0.2) is 4.98 Å². The van der Waals surface area contributed by atoms with Crippen molar-refractivity contribution in [2.45, 2.75) is 6.54 Å². The first kappa shape index (κ1) is 14.0. The zero-order chi connectivity index (χ0) is 14.8. The lowest BCUT2D eigenvalue weighted by Gasteiger charge is -2.16. The van der Waals surface area contributed by atoms with Gasteiger partial charge in [0.1, 0.15) is 5.01 Å². The minimum absolute atomic E-state index is 0.137.